The fourth-order valence-corrected chi connectivity index (χ4v) is 3.79. The van der Waals surface area contributed by atoms with Gasteiger partial charge in [0.2, 0.25) is 0 Å². The third-order valence-corrected chi connectivity index (χ3v) is 4.53. The topological polar surface area (TPSA) is 52.0 Å². The molecule has 0 aliphatic carbocycles. The summed E-state index contributed by atoms with van der Waals surface area (Å²) >= 11 is 0. The molecule has 0 fully saturated rings. The molecule has 0 saturated carbocycles. The third-order valence-electron chi connectivity index (χ3n) is 4.53. The Labute approximate surface area is 134 Å². The molecule has 2 atom stereocenters. The van der Waals surface area contributed by atoms with Crippen LogP contribution in [0.5, 0.6) is 0 Å². The van der Waals surface area contributed by atoms with Gasteiger partial charge in [0, 0.05) is 12.1 Å². The van der Waals surface area contributed by atoms with E-state index in [0.717, 1.165) is 0 Å². The summed E-state index contributed by atoms with van der Waals surface area (Å²) in [6.07, 6.45) is 0. The predicted octanol–water partition coefficient (Wildman–Crippen LogP) is 4.24. The number of aryl methyl sites for hydroxylation is 6. The molecule has 0 bridgehead atoms. The Balaban J connectivity index is 2.49. The zero-order valence-corrected chi connectivity index (χ0v) is 14.6. The first-order valence-corrected chi connectivity index (χ1v) is 7.89. The van der Waals surface area contributed by atoms with Crippen molar-refractivity contribution in [2.24, 2.45) is 11.5 Å². The Kier molecular flexibility index (Phi) is 4.74. The van der Waals surface area contributed by atoms with Crippen LogP contribution in [0.2, 0.25) is 0 Å². The molecule has 0 aliphatic rings. The van der Waals surface area contributed by atoms with Crippen molar-refractivity contribution in [3.8, 4) is 0 Å². The molecule has 0 radical (unpaired) electrons. The maximum Gasteiger partial charge on any atom is 0.0496 e. The lowest BCUT2D eigenvalue weighted by Gasteiger charge is -2.27. The van der Waals surface area contributed by atoms with Crippen LogP contribution >= 0.6 is 0 Å². The van der Waals surface area contributed by atoms with Gasteiger partial charge in [-0.3, -0.25) is 0 Å². The van der Waals surface area contributed by atoms with Crippen LogP contribution in [0.4, 0.5) is 0 Å². The van der Waals surface area contributed by atoms with Crippen molar-refractivity contribution in [2.45, 2.75) is 53.6 Å². The van der Waals surface area contributed by atoms with Crippen LogP contribution in [0.3, 0.4) is 0 Å². The Morgan fingerprint density at radius 3 is 1.00 bits per heavy atom. The third kappa shape index (κ3) is 3.08. The summed E-state index contributed by atoms with van der Waals surface area (Å²) in [6.45, 7) is 12.7. The first-order chi connectivity index (χ1) is 10.2. The smallest absolute Gasteiger partial charge is 0.0496 e. The van der Waals surface area contributed by atoms with Crippen LogP contribution in [0.25, 0.3) is 0 Å². The number of hydrogen-bond donors (Lipinski definition) is 2. The van der Waals surface area contributed by atoms with E-state index in [4.69, 9.17) is 11.5 Å². The van der Waals surface area contributed by atoms with Gasteiger partial charge >= 0.3 is 0 Å². The highest BCUT2D eigenvalue weighted by Crippen LogP contribution is 2.33. The summed E-state index contributed by atoms with van der Waals surface area (Å²) in [5, 5.41) is 0. The standard InChI is InChI=1S/C20H28N2/c1-11-7-13(3)17(14(4)8-11)19(21)20(22)18-15(5)9-12(2)10-16(18)6/h7-10,19-20H,21-22H2,1-6H3/t19-,20-/m1/s1. The molecule has 2 aromatic rings. The summed E-state index contributed by atoms with van der Waals surface area (Å²) in [4.78, 5) is 0. The van der Waals surface area contributed by atoms with E-state index in [9.17, 15) is 0 Å². The molecule has 0 aliphatic heterocycles. The quantitative estimate of drug-likeness (QED) is 0.890. The van der Waals surface area contributed by atoms with Gasteiger partial charge in [-0.15, -0.1) is 0 Å². The van der Waals surface area contributed by atoms with E-state index >= 15 is 0 Å². The molecule has 2 rings (SSSR count). The maximum atomic E-state index is 6.57. The fraction of sp³-hybridized carbons (Fsp3) is 0.400. The Morgan fingerprint density at radius 1 is 0.545 bits per heavy atom. The Bertz CT molecular complexity index is 593. The summed E-state index contributed by atoms with van der Waals surface area (Å²) in [5.74, 6) is 0. The fourth-order valence-electron chi connectivity index (χ4n) is 3.79. The second-order valence-electron chi connectivity index (χ2n) is 6.68. The van der Waals surface area contributed by atoms with Crippen LogP contribution in [-0.4, -0.2) is 0 Å². The van der Waals surface area contributed by atoms with Crippen molar-refractivity contribution in [1.82, 2.24) is 0 Å². The molecule has 2 heteroatoms. The zero-order chi connectivity index (χ0) is 16.6. The minimum atomic E-state index is -0.194. The van der Waals surface area contributed by atoms with Crippen LogP contribution in [0, 0.1) is 41.5 Å². The van der Waals surface area contributed by atoms with Gasteiger partial charge in [-0.25, -0.2) is 0 Å². The maximum absolute atomic E-state index is 6.57. The lowest BCUT2D eigenvalue weighted by atomic mass is 9.85. The number of nitrogens with two attached hydrogens (primary N) is 2. The molecule has 0 heterocycles. The number of hydrogen-bond acceptors (Lipinski definition) is 2. The van der Waals surface area contributed by atoms with Crippen molar-refractivity contribution in [2.75, 3.05) is 0 Å². The van der Waals surface area contributed by atoms with E-state index < -0.39 is 0 Å². The number of rotatable bonds is 3. The minimum absolute atomic E-state index is 0.194. The van der Waals surface area contributed by atoms with E-state index in [1.54, 1.807) is 0 Å². The molecule has 22 heavy (non-hydrogen) atoms. The second kappa shape index (κ2) is 6.23. The van der Waals surface area contributed by atoms with Gasteiger partial charge in [0.05, 0.1) is 0 Å². The van der Waals surface area contributed by atoms with E-state index in [1.807, 2.05) is 0 Å². The van der Waals surface area contributed by atoms with Gasteiger partial charge < -0.3 is 11.5 Å². The van der Waals surface area contributed by atoms with Crippen LogP contribution in [0.15, 0.2) is 24.3 Å². The van der Waals surface area contributed by atoms with Gasteiger partial charge in [0.1, 0.15) is 0 Å². The van der Waals surface area contributed by atoms with Crippen molar-refractivity contribution >= 4 is 0 Å². The molecule has 2 aromatic carbocycles. The average Bonchev–Trinajstić information content (AvgIpc) is 2.35. The molecule has 4 N–H and O–H groups in total. The summed E-state index contributed by atoms with van der Waals surface area (Å²) in [5.41, 5.74) is 22.9. The number of benzene rings is 2. The summed E-state index contributed by atoms with van der Waals surface area (Å²) < 4.78 is 0. The molecule has 0 amide bonds. The predicted molar refractivity (Wildman–Crippen MR) is 95.2 cm³/mol. The van der Waals surface area contributed by atoms with Crippen molar-refractivity contribution in [3.05, 3.63) is 68.8 Å². The van der Waals surface area contributed by atoms with Gasteiger partial charge in [-0.1, -0.05) is 35.4 Å². The van der Waals surface area contributed by atoms with E-state index in [0.29, 0.717) is 0 Å². The molecule has 0 unspecified atom stereocenters. The highest BCUT2D eigenvalue weighted by molar-refractivity contribution is 5.45. The van der Waals surface area contributed by atoms with Gasteiger partial charge in [-0.2, -0.15) is 0 Å². The monoisotopic (exact) mass is 296 g/mol. The molecule has 2 nitrogen and oxygen atoms in total. The molecular formula is C20H28N2. The minimum Gasteiger partial charge on any atom is -0.322 e. The van der Waals surface area contributed by atoms with Crippen LogP contribution < -0.4 is 11.5 Å². The molecular weight excluding hydrogens is 268 g/mol. The second-order valence-corrected chi connectivity index (χ2v) is 6.68. The summed E-state index contributed by atoms with van der Waals surface area (Å²) in [7, 11) is 0. The highest BCUT2D eigenvalue weighted by atomic mass is 14.8. The molecule has 118 valence electrons. The van der Waals surface area contributed by atoms with E-state index in [1.165, 1.54) is 44.5 Å². The normalized spacial score (nSPS) is 14.0. The highest BCUT2D eigenvalue weighted by Gasteiger charge is 2.23. The van der Waals surface area contributed by atoms with Gasteiger partial charge in [0.25, 0.3) is 0 Å². The Morgan fingerprint density at radius 2 is 0.773 bits per heavy atom. The lowest BCUT2D eigenvalue weighted by molar-refractivity contribution is 0.563. The Hall–Kier alpha value is -1.64. The van der Waals surface area contributed by atoms with Gasteiger partial charge in [0.15, 0.2) is 0 Å². The average molecular weight is 296 g/mol. The molecule has 0 spiro atoms. The van der Waals surface area contributed by atoms with Crippen molar-refractivity contribution in [1.29, 1.82) is 0 Å². The summed E-state index contributed by atoms with van der Waals surface area (Å²) in [6, 6.07) is 8.35. The first-order valence-electron chi connectivity index (χ1n) is 7.89. The van der Waals surface area contributed by atoms with Gasteiger partial charge in [-0.05, 0) is 74.9 Å². The lowest BCUT2D eigenvalue weighted by Crippen LogP contribution is -2.29. The van der Waals surface area contributed by atoms with Crippen LogP contribution in [-0.2, 0) is 0 Å². The van der Waals surface area contributed by atoms with E-state index in [-0.39, 0.29) is 12.1 Å². The van der Waals surface area contributed by atoms with Crippen LogP contribution in [0.1, 0.15) is 56.6 Å². The SMILES string of the molecule is Cc1cc(C)c([C@@H](N)[C@H](N)c2c(C)cc(C)cc2C)c(C)c1. The molecule has 0 saturated heterocycles. The van der Waals surface area contributed by atoms with Crippen molar-refractivity contribution in [3.63, 3.8) is 0 Å². The first kappa shape index (κ1) is 16.7. The van der Waals surface area contributed by atoms with E-state index in [2.05, 4.69) is 65.8 Å². The van der Waals surface area contributed by atoms with Crippen molar-refractivity contribution < 1.29 is 0 Å². The molecule has 0 aromatic heterocycles. The zero-order valence-electron chi connectivity index (χ0n) is 14.6. The largest absolute Gasteiger partial charge is 0.322 e.